The number of thiocarbonyl (C=S) groups is 1. The van der Waals surface area contributed by atoms with E-state index in [1.807, 2.05) is 14.1 Å². The molecule has 0 fully saturated rings. The third-order valence-electron chi connectivity index (χ3n) is 2.32. The number of thioether (sulfide) groups is 1. The van der Waals surface area contributed by atoms with Crippen LogP contribution in [-0.2, 0) is 0 Å². The van der Waals surface area contributed by atoms with Crippen LogP contribution in [0.1, 0.15) is 16.8 Å². The van der Waals surface area contributed by atoms with E-state index in [2.05, 4.69) is 0 Å². The molecule has 5 nitrogen and oxygen atoms in total. The number of nitro groups is 1. The second-order valence-corrected chi connectivity index (χ2v) is 5.68. The molecule has 0 unspecified atom stereocenters. The van der Waals surface area contributed by atoms with Gasteiger partial charge in [0.25, 0.3) is 5.69 Å². The number of benzene rings is 1. The van der Waals surface area contributed by atoms with Gasteiger partial charge in [-0.3, -0.25) is 14.9 Å². The molecule has 1 aromatic rings. The highest BCUT2D eigenvalue weighted by Crippen LogP contribution is 2.20. The molecule has 0 heterocycles. The number of hydrogen-bond donors (Lipinski definition) is 0. The Labute approximate surface area is 121 Å². The molecule has 0 bridgehead atoms. The van der Waals surface area contributed by atoms with E-state index < -0.39 is 4.92 Å². The third-order valence-corrected chi connectivity index (χ3v) is 4.06. The Morgan fingerprint density at radius 1 is 1.42 bits per heavy atom. The molecule has 0 aliphatic carbocycles. The average molecular weight is 298 g/mol. The van der Waals surface area contributed by atoms with E-state index in [1.165, 1.54) is 23.9 Å². The number of Topliss-reactive ketones (excluding diaryl/α,β-unsaturated/α-hetero) is 1. The molecule has 0 atom stereocenters. The molecule has 0 saturated heterocycles. The summed E-state index contributed by atoms with van der Waals surface area (Å²) >= 11 is 6.47. The van der Waals surface area contributed by atoms with E-state index in [1.54, 1.807) is 17.0 Å². The Kier molecular flexibility index (Phi) is 5.91. The van der Waals surface area contributed by atoms with Gasteiger partial charge in [-0.15, -0.1) is 0 Å². The Morgan fingerprint density at radius 3 is 2.63 bits per heavy atom. The maximum absolute atomic E-state index is 11.9. The molecule has 102 valence electrons. The standard InChI is InChI=1S/C12H14N2O3S2/c1-13(2)12(18)19-8-7-11(15)9-5-3-4-6-10(9)14(16)17/h3-6H,7-8H2,1-2H3. The van der Waals surface area contributed by atoms with Gasteiger partial charge in [-0.2, -0.15) is 0 Å². The Hall–Kier alpha value is -1.47. The Morgan fingerprint density at radius 2 is 2.05 bits per heavy atom. The van der Waals surface area contributed by atoms with Gasteiger partial charge in [0.15, 0.2) is 5.78 Å². The third kappa shape index (κ3) is 4.60. The molecule has 0 aliphatic heterocycles. The minimum atomic E-state index is -0.537. The molecule has 19 heavy (non-hydrogen) atoms. The van der Waals surface area contributed by atoms with Gasteiger partial charge in [-0.25, -0.2) is 0 Å². The van der Waals surface area contributed by atoms with Crippen LogP contribution in [-0.4, -0.2) is 39.8 Å². The van der Waals surface area contributed by atoms with Gasteiger partial charge in [0.05, 0.1) is 10.5 Å². The second-order valence-electron chi connectivity index (χ2n) is 3.96. The molecule has 0 N–H and O–H groups in total. The van der Waals surface area contributed by atoms with Crippen LogP contribution in [0.25, 0.3) is 0 Å². The lowest BCUT2D eigenvalue weighted by atomic mass is 10.1. The van der Waals surface area contributed by atoms with Gasteiger partial charge in [0.2, 0.25) is 0 Å². The number of rotatable bonds is 5. The lowest BCUT2D eigenvalue weighted by molar-refractivity contribution is -0.385. The van der Waals surface area contributed by atoms with Gasteiger partial charge in [-0.05, 0) is 6.07 Å². The highest BCUT2D eigenvalue weighted by molar-refractivity contribution is 8.22. The summed E-state index contributed by atoms with van der Waals surface area (Å²) in [5.41, 5.74) is 0.0107. The van der Waals surface area contributed by atoms with Crippen molar-refractivity contribution in [3.05, 3.63) is 39.9 Å². The molecule has 1 rings (SSSR count). The normalized spacial score (nSPS) is 10.0. The maximum Gasteiger partial charge on any atom is 0.280 e. The van der Waals surface area contributed by atoms with Crippen molar-refractivity contribution in [2.45, 2.75) is 6.42 Å². The highest BCUT2D eigenvalue weighted by Gasteiger charge is 2.18. The number of nitrogens with zero attached hydrogens (tertiary/aromatic N) is 2. The van der Waals surface area contributed by atoms with Crippen LogP contribution in [0, 0.1) is 10.1 Å². The smallest absolute Gasteiger partial charge is 0.280 e. The molecule has 0 radical (unpaired) electrons. The van der Waals surface area contributed by atoms with Crippen molar-refractivity contribution >= 4 is 39.8 Å². The minimum Gasteiger partial charge on any atom is -0.364 e. The van der Waals surface area contributed by atoms with Crippen LogP contribution in [0.4, 0.5) is 5.69 Å². The zero-order valence-electron chi connectivity index (χ0n) is 10.7. The summed E-state index contributed by atoms with van der Waals surface area (Å²) in [7, 11) is 3.67. The first-order valence-electron chi connectivity index (χ1n) is 5.54. The lowest BCUT2D eigenvalue weighted by Crippen LogP contribution is -2.17. The van der Waals surface area contributed by atoms with Crippen LogP contribution < -0.4 is 0 Å². The van der Waals surface area contributed by atoms with Crippen LogP contribution in [0.5, 0.6) is 0 Å². The van der Waals surface area contributed by atoms with E-state index in [9.17, 15) is 14.9 Å². The van der Waals surface area contributed by atoms with Crippen molar-refractivity contribution in [3.8, 4) is 0 Å². The predicted molar refractivity (Wildman–Crippen MR) is 80.8 cm³/mol. The number of hydrogen-bond acceptors (Lipinski definition) is 5. The van der Waals surface area contributed by atoms with Crippen LogP contribution in [0.3, 0.4) is 0 Å². The number of carbonyl (C=O) groups is 1. The molecule has 0 amide bonds. The maximum atomic E-state index is 11.9. The monoisotopic (exact) mass is 298 g/mol. The Bertz CT molecular complexity index is 504. The molecule has 7 heteroatoms. The van der Waals surface area contributed by atoms with Crippen LogP contribution in [0.2, 0.25) is 0 Å². The van der Waals surface area contributed by atoms with Crippen LogP contribution >= 0.6 is 24.0 Å². The van der Waals surface area contributed by atoms with Crippen molar-refractivity contribution in [3.63, 3.8) is 0 Å². The summed E-state index contributed by atoms with van der Waals surface area (Å²) < 4.78 is 0.690. The molecule has 0 spiro atoms. The number of carbonyl (C=O) groups excluding carboxylic acids is 1. The largest absolute Gasteiger partial charge is 0.364 e. The fourth-order valence-electron chi connectivity index (χ4n) is 1.36. The molecular weight excluding hydrogens is 284 g/mol. The molecular formula is C12H14N2O3S2. The summed E-state index contributed by atoms with van der Waals surface area (Å²) in [5, 5.41) is 10.8. The zero-order valence-corrected chi connectivity index (χ0v) is 12.3. The fourth-order valence-corrected chi connectivity index (χ4v) is 2.33. The summed E-state index contributed by atoms with van der Waals surface area (Å²) in [6, 6.07) is 5.99. The molecule has 0 saturated carbocycles. The number of ketones is 1. The van der Waals surface area contributed by atoms with E-state index in [0.717, 1.165) is 0 Å². The van der Waals surface area contributed by atoms with Gasteiger partial charge >= 0.3 is 0 Å². The van der Waals surface area contributed by atoms with E-state index in [-0.39, 0.29) is 23.5 Å². The van der Waals surface area contributed by atoms with Crippen molar-refractivity contribution < 1.29 is 9.72 Å². The SMILES string of the molecule is CN(C)C(=S)SCCC(=O)c1ccccc1[N+](=O)[O-]. The van der Waals surface area contributed by atoms with E-state index in [4.69, 9.17) is 12.2 Å². The number of nitro benzene ring substituents is 1. The van der Waals surface area contributed by atoms with Gasteiger partial charge in [0, 0.05) is 32.3 Å². The second kappa shape index (κ2) is 7.20. The first kappa shape index (κ1) is 15.6. The van der Waals surface area contributed by atoms with Crippen molar-refractivity contribution in [1.82, 2.24) is 4.90 Å². The van der Waals surface area contributed by atoms with E-state index >= 15 is 0 Å². The van der Waals surface area contributed by atoms with Crippen molar-refractivity contribution in [1.29, 1.82) is 0 Å². The van der Waals surface area contributed by atoms with Gasteiger partial charge < -0.3 is 4.90 Å². The number of para-hydroxylation sites is 1. The highest BCUT2D eigenvalue weighted by atomic mass is 32.2. The first-order chi connectivity index (χ1) is 8.93. The quantitative estimate of drug-likeness (QED) is 0.360. The molecule has 1 aromatic carbocycles. The van der Waals surface area contributed by atoms with Gasteiger partial charge in [0.1, 0.15) is 4.32 Å². The Balaban J connectivity index is 2.64. The fraction of sp³-hybridized carbons (Fsp3) is 0.333. The predicted octanol–water partition coefficient (Wildman–Crippen LogP) is 2.75. The summed E-state index contributed by atoms with van der Waals surface area (Å²) in [6.45, 7) is 0. The first-order valence-corrected chi connectivity index (χ1v) is 6.93. The summed E-state index contributed by atoms with van der Waals surface area (Å²) in [5.74, 6) is 0.281. The summed E-state index contributed by atoms with van der Waals surface area (Å²) in [6.07, 6.45) is 0.226. The van der Waals surface area contributed by atoms with Gasteiger partial charge in [-0.1, -0.05) is 36.1 Å². The topological polar surface area (TPSA) is 63.5 Å². The van der Waals surface area contributed by atoms with E-state index in [0.29, 0.717) is 10.1 Å². The average Bonchev–Trinajstić information content (AvgIpc) is 2.38. The molecule has 0 aromatic heterocycles. The van der Waals surface area contributed by atoms with Crippen molar-refractivity contribution in [2.24, 2.45) is 0 Å². The minimum absolute atomic E-state index is 0.146. The van der Waals surface area contributed by atoms with Crippen molar-refractivity contribution in [2.75, 3.05) is 19.8 Å². The summed E-state index contributed by atoms with van der Waals surface area (Å²) in [4.78, 5) is 24.0. The zero-order chi connectivity index (χ0) is 14.4. The van der Waals surface area contributed by atoms with Crippen LogP contribution in [0.15, 0.2) is 24.3 Å². The molecule has 0 aliphatic rings. The lowest BCUT2D eigenvalue weighted by Gasteiger charge is -2.12.